The number of azo groups is 1. The average Bonchev–Trinajstić information content (AvgIpc) is 2.78. The van der Waals surface area contributed by atoms with E-state index in [0.717, 1.165) is 29.0 Å². The van der Waals surface area contributed by atoms with Crippen LogP contribution in [0, 0.1) is 0 Å². The van der Waals surface area contributed by atoms with Gasteiger partial charge in [-0.15, -0.1) is 0 Å². The topological polar surface area (TPSA) is 69.2 Å². The maximum Gasteiger partial charge on any atom is 0.161 e. The summed E-state index contributed by atoms with van der Waals surface area (Å²) in [5.41, 5.74) is 9.84. The number of fused-ring (bicyclic) bond motifs is 1. The first-order valence-electron chi connectivity index (χ1n) is 8.29. The molecule has 130 valence electrons. The standard InChI is InChI=1S/C20H23N3O2/c1-13-10-15-11-19(24-2)20(25-3)12-17(15)18(23-22-13)9-6-14-4-7-16(21)8-5-14/h4-9,11-13,18H,10,21H2,1-3H3. The lowest BCUT2D eigenvalue weighted by Gasteiger charge is -2.15. The van der Waals surface area contributed by atoms with Crippen LogP contribution < -0.4 is 15.2 Å². The molecule has 1 heterocycles. The van der Waals surface area contributed by atoms with E-state index >= 15 is 0 Å². The Morgan fingerprint density at radius 2 is 1.72 bits per heavy atom. The van der Waals surface area contributed by atoms with E-state index in [9.17, 15) is 0 Å². The van der Waals surface area contributed by atoms with Gasteiger partial charge in [0.1, 0.15) is 6.04 Å². The second kappa shape index (κ2) is 7.38. The lowest BCUT2D eigenvalue weighted by molar-refractivity contribution is 0.354. The van der Waals surface area contributed by atoms with Gasteiger partial charge in [0.25, 0.3) is 0 Å². The summed E-state index contributed by atoms with van der Waals surface area (Å²) in [6.45, 7) is 2.07. The fourth-order valence-corrected chi connectivity index (χ4v) is 2.95. The Balaban J connectivity index is 1.99. The lowest BCUT2D eigenvalue weighted by atomic mass is 9.95. The minimum atomic E-state index is -0.155. The number of hydrogen-bond donors (Lipinski definition) is 1. The van der Waals surface area contributed by atoms with Crippen LogP contribution in [0.3, 0.4) is 0 Å². The minimum absolute atomic E-state index is 0.131. The summed E-state index contributed by atoms with van der Waals surface area (Å²) < 4.78 is 10.9. The Kier molecular flexibility index (Phi) is 5.03. The highest BCUT2D eigenvalue weighted by atomic mass is 16.5. The highest BCUT2D eigenvalue weighted by Crippen LogP contribution is 2.37. The van der Waals surface area contributed by atoms with Gasteiger partial charge in [0.05, 0.1) is 20.3 Å². The molecule has 2 atom stereocenters. The minimum Gasteiger partial charge on any atom is -0.493 e. The van der Waals surface area contributed by atoms with Crippen molar-refractivity contribution < 1.29 is 9.47 Å². The van der Waals surface area contributed by atoms with Crippen molar-refractivity contribution in [3.63, 3.8) is 0 Å². The summed E-state index contributed by atoms with van der Waals surface area (Å²) in [5.74, 6) is 1.44. The molecular formula is C20H23N3O2. The SMILES string of the molecule is COc1cc2c(cc1OC)C(C=Cc1ccc(N)cc1)N=NC(C)C2. The Hall–Kier alpha value is -2.82. The van der Waals surface area contributed by atoms with E-state index in [1.54, 1.807) is 14.2 Å². The Morgan fingerprint density at radius 1 is 1.04 bits per heavy atom. The van der Waals surface area contributed by atoms with Crippen molar-refractivity contribution in [2.45, 2.75) is 25.4 Å². The molecule has 0 bridgehead atoms. The van der Waals surface area contributed by atoms with Gasteiger partial charge in [-0.3, -0.25) is 0 Å². The predicted octanol–water partition coefficient (Wildman–Crippen LogP) is 4.44. The number of anilines is 1. The number of rotatable bonds is 4. The van der Waals surface area contributed by atoms with E-state index in [2.05, 4.69) is 23.2 Å². The zero-order valence-electron chi connectivity index (χ0n) is 14.8. The molecule has 2 aromatic carbocycles. The maximum absolute atomic E-state index is 5.74. The quantitative estimate of drug-likeness (QED) is 0.839. The van der Waals surface area contributed by atoms with Crippen molar-refractivity contribution in [2.24, 2.45) is 10.2 Å². The van der Waals surface area contributed by atoms with Crippen molar-refractivity contribution in [2.75, 3.05) is 20.0 Å². The predicted molar refractivity (Wildman–Crippen MR) is 100 cm³/mol. The molecular weight excluding hydrogens is 314 g/mol. The molecule has 1 aliphatic heterocycles. The number of hydrogen-bond acceptors (Lipinski definition) is 5. The second-order valence-electron chi connectivity index (χ2n) is 6.16. The monoisotopic (exact) mass is 337 g/mol. The third-order valence-electron chi connectivity index (χ3n) is 4.27. The summed E-state index contributed by atoms with van der Waals surface area (Å²) in [4.78, 5) is 0. The number of nitrogen functional groups attached to an aromatic ring is 1. The first-order valence-corrected chi connectivity index (χ1v) is 8.29. The third kappa shape index (κ3) is 3.82. The summed E-state index contributed by atoms with van der Waals surface area (Å²) in [6.07, 6.45) is 4.92. The number of nitrogens with two attached hydrogens (primary N) is 1. The molecule has 0 radical (unpaired) electrons. The molecule has 2 aromatic rings. The van der Waals surface area contributed by atoms with Gasteiger partial charge in [0, 0.05) is 5.69 Å². The Morgan fingerprint density at radius 3 is 2.40 bits per heavy atom. The largest absolute Gasteiger partial charge is 0.493 e. The first-order chi connectivity index (χ1) is 12.1. The second-order valence-corrected chi connectivity index (χ2v) is 6.16. The highest BCUT2D eigenvalue weighted by molar-refractivity contribution is 5.56. The van der Waals surface area contributed by atoms with Gasteiger partial charge in [-0.2, -0.15) is 10.2 Å². The summed E-state index contributed by atoms with van der Waals surface area (Å²) in [7, 11) is 3.29. The van der Waals surface area contributed by atoms with Gasteiger partial charge in [0.15, 0.2) is 11.5 Å². The number of ether oxygens (including phenoxy) is 2. The van der Waals surface area contributed by atoms with Crippen LogP contribution in [0.5, 0.6) is 11.5 Å². The van der Waals surface area contributed by atoms with E-state index < -0.39 is 0 Å². The number of nitrogens with zero attached hydrogens (tertiary/aromatic N) is 2. The first kappa shape index (κ1) is 17.0. The molecule has 0 amide bonds. The molecule has 2 N–H and O–H groups in total. The van der Waals surface area contributed by atoms with Gasteiger partial charge in [-0.1, -0.05) is 24.3 Å². The smallest absolute Gasteiger partial charge is 0.161 e. The van der Waals surface area contributed by atoms with Crippen LogP contribution in [0.2, 0.25) is 0 Å². The van der Waals surface area contributed by atoms with Crippen LogP contribution in [-0.4, -0.2) is 20.3 Å². The molecule has 5 heteroatoms. The molecule has 0 saturated heterocycles. The molecule has 0 aromatic heterocycles. The van der Waals surface area contributed by atoms with Crippen molar-refractivity contribution in [3.05, 3.63) is 59.2 Å². The van der Waals surface area contributed by atoms with Crippen molar-refractivity contribution in [1.29, 1.82) is 0 Å². The Labute approximate surface area is 148 Å². The molecule has 3 rings (SSSR count). The fraction of sp³-hybridized carbons (Fsp3) is 0.300. The van der Waals surface area contributed by atoms with Crippen LogP contribution in [0.4, 0.5) is 5.69 Å². The maximum atomic E-state index is 5.74. The van der Waals surface area contributed by atoms with E-state index in [1.807, 2.05) is 42.5 Å². The van der Waals surface area contributed by atoms with Gasteiger partial charge in [-0.25, -0.2) is 0 Å². The van der Waals surface area contributed by atoms with Gasteiger partial charge in [0.2, 0.25) is 0 Å². The molecule has 0 saturated carbocycles. The summed E-state index contributed by atoms with van der Waals surface area (Å²) in [6, 6.07) is 11.8. The lowest BCUT2D eigenvalue weighted by Crippen LogP contribution is -2.04. The third-order valence-corrected chi connectivity index (χ3v) is 4.27. The van der Waals surface area contributed by atoms with Crippen molar-refractivity contribution in [3.8, 4) is 11.5 Å². The normalized spacial score (nSPS) is 19.5. The van der Waals surface area contributed by atoms with E-state index in [-0.39, 0.29) is 12.1 Å². The summed E-state index contributed by atoms with van der Waals surface area (Å²) in [5, 5.41) is 8.96. The molecule has 25 heavy (non-hydrogen) atoms. The molecule has 0 aliphatic carbocycles. The zero-order valence-corrected chi connectivity index (χ0v) is 14.8. The van der Waals surface area contributed by atoms with Gasteiger partial charge >= 0.3 is 0 Å². The highest BCUT2D eigenvalue weighted by Gasteiger charge is 2.21. The van der Waals surface area contributed by atoms with Crippen LogP contribution in [0.15, 0.2) is 52.7 Å². The molecule has 1 aliphatic rings. The average molecular weight is 337 g/mol. The van der Waals surface area contributed by atoms with Crippen LogP contribution in [-0.2, 0) is 6.42 Å². The molecule has 2 unspecified atom stereocenters. The number of methoxy groups -OCH3 is 2. The van der Waals surface area contributed by atoms with E-state index in [0.29, 0.717) is 5.75 Å². The van der Waals surface area contributed by atoms with Crippen LogP contribution >= 0.6 is 0 Å². The van der Waals surface area contributed by atoms with E-state index in [4.69, 9.17) is 15.2 Å². The molecule has 0 spiro atoms. The van der Waals surface area contributed by atoms with E-state index in [1.165, 1.54) is 5.56 Å². The molecule has 5 nitrogen and oxygen atoms in total. The van der Waals surface area contributed by atoms with Gasteiger partial charge in [-0.05, 0) is 54.3 Å². The Bertz CT molecular complexity index is 797. The fourth-order valence-electron chi connectivity index (χ4n) is 2.95. The van der Waals surface area contributed by atoms with Gasteiger partial charge < -0.3 is 15.2 Å². The van der Waals surface area contributed by atoms with Crippen LogP contribution in [0.25, 0.3) is 6.08 Å². The summed E-state index contributed by atoms with van der Waals surface area (Å²) >= 11 is 0. The number of benzene rings is 2. The van der Waals surface area contributed by atoms with Crippen molar-refractivity contribution >= 4 is 11.8 Å². The zero-order chi connectivity index (χ0) is 17.8. The van der Waals surface area contributed by atoms with Crippen LogP contribution in [0.1, 0.15) is 29.7 Å². The molecule has 0 fully saturated rings. The van der Waals surface area contributed by atoms with Crippen molar-refractivity contribution in [1.82, 2.24) is 0 Å².